The monoisotopic (exact) mass is 332 g/mol. The molecule has 2 rings (SSSR count). The van der Waals surface area contributed by atoms with Gasteiger partial charge in [-0.25, -0.2) is 0 Å². The Morgan fingerprint density at radius 1 is 1.35 bits per heavy atom. The lowest BCUT2D eigenvalue weighted by molar-refractivity contribution is -0.141. The van der Waals surface area contributed by atoms with Gasteiger partial charge in [-0.2, -0.15) is 13.2 Å². The number of carbonyl (C=O) groups is 1. The molecule has 4 atom stereocenters. The molecule has 4 unspecified atom stereocenters. The molecule has 0 radical (unpaired) electrons. The summed E-state index contributed by atoms with van der Waals surface area (Å²) in [5.74, 6) is -1.11. The van der Waals surface area contributed by atoms with Crippen LogP contribution >= 0.6 is 0 Å². The summed E-state index contributed by atoms with van der Waals surface area (Å²) in [6.07, 6.45) is -5.55. The van der Waals surface area contributed by atoms with Gasteiger partial charge in [-0.1, -0.05) is 19.9 Å². The van der Waals surface area contributed by atoms with E-state index in [1.807, 2.05) is 0 Å². The molecule has 1 aliphatic rings. The van der Waals surface area contributed by atoms with E-state index < -0.39 is 36.0 Å². The van der Waals surface area contributed by atoms with Crippen molar-refractivity contribution in [3.05, 3.63) is 29.6 Å². The Labute approximate surface area is 131 Å². The molecule has 23 heavy (non-hydrogen) atoms. The second-order valence-electron chi connectivity index (χ2n) is 6.06. The summed E-state index contributed by atoms with van der Waals surface area (Å²) in [6, 6.07) is 1.35. The van der Waals surface area contributed by atoms with Crippen LogP contribution in [0, 0.1) is 5.92 Å². The molecule has 3 N–H and O–H groups in total. The maximum Gasteiger partial charge on any atom is 0.433 e. The van der Waals surface area contributed by atoms with Gasteiger partial charge in [0, 0.05) is 18.0 Å². The Morgan fingerprint density at radius 3 is 2.48 bits per heavy atom. The van der Waals surface area contributed by atoms with Crippen molar-refractivity contribution in [2.45, 2.75) is 50.6 Å². The molecule has 8 heteroatoms. The van der Waals surface area contributed by atoms with Crippen molar-refractivity contribution in [1.82, 2.24) is 10.3 Å². The number of rotatable bonds is 3. The average Bonchev–Trinajstić information content (AvgIpc) is 2.74. The van der Waals surface area contributed by atoms with Crippen LogP contribution in [0.15, 0.2) is 18.3 Å². The lowest BCUT2D eigenvalue weighted by atomic mass is 9.94. The third-order valence-corrected chi connectivity index (χ3v) is 4.03. The zero-order chi connectivity index (χ0) is 17.4. The summed E-state index contributed by atoms with van der Waals surface area (Å²) in [5, 5.41) is 22.5. The molecule has 1 fully saturated rings. The zero-order valence-corrected chi connectivity index (χ0v) is 12.7. The molecular formula is C15H19F3N2O3. The summed E-state index contributed by atoms with van der Waals surface area (Å²) in [6.45, 7) is 3.36. The molecule has 1 aliphatic carbocycles. The number of hydrogen-bond acceptors (Lipinski definition) is 4. The fourth-order valence-electron chi connectivity index (χ4n) is 2.68. The van der Waals surface area contributed by atoms with Gasteiger partial charge in [0.15, 0.2) is 0 Å². The second-order valence-corrected chi connectivity index (χ2v) is 6.06. The molecule has 0 saturated heterocycles. The Bertz CT molecular complexity index is 560. The molecule has 0 bridgehead atoms. The minimum atomic E-state index is -4.53. The van der Waals surface area contributed by atoms with Gasteiger partial charge in [0.05, 0.1) is 12.1 Å². The number of hydrogen-bond donors (Lipinski definition) is 3. The number of alkyl halides is 3. The topological polar surface area (TPSA) is 82.5 Å². The van der Waals surface area contributed by atoms with Crippen molar-refractivity contribution < 1.29 is 28.2 Å². The van der Waals surface area contributed by atoms with E-state index in [0.717, 1.165) is 12.3 Å². The van der Waals surface area contributed by atoms with E-state index >= 15 is 0 Å². The molecule has 1 amide bonds. The highest BCUT2D eigenvalue weighted by molar-refractivity contribution is 5.78. The number of nitrogens with one attached hydrogen (secondary N) is 1. The molecule has 0 aromatic carbocycles. The van der Waals surface area contributed by atoms with Crippen LogP contribution in [0.2, 0.25) is 0 Å². The first-order valence-corrected chi connectivity index (χ1v) is 7.31. The van der Waals surface area contributed by atoms with Crippen LogP contribution in [0.25, 0.3) is 0 Å². The molecule has 1 aromatic rings. The Balaban J connectivity index is 2.23. The van der Waals surface area contributed by atoms with Crippen molar-refractivity contribution >= 4 is 5.91 Å². The fraction of sp³-hybridized carbons (Fsp3) is 0.600. The zero-order valence-electron chi connectivity index (χ0n) is 12.7. The number of aromatic nitrogens is 1. The molecule has 1 saturated carbocycles. The van der Waals surface area contributed by atoms with Crippen LogP contribution in [0.4, 0.5) is 13.2 Å². The lowest BCUT2D eigenvalue weighted by Gasteiger charge is -2.24. The lowest BCUT2D eigenvalue weighted by Crippen LogP contribution is -2.46. The van der Waals surface area contributed by atoms with E-state index in [2.05, 4.69) is 10.3 Å². The Morgan fingerprint density at radius 2 is 2.00 bits per heavy atom. The second kappa shape index (κ2) is 6.45. The van der Waals surface area contributed by atoms with Gasteiger partial charge >= 0.3 is 6.18 Å². The van der Waals surface area contributed by atoms with E-state index in [9.17, 15) is 28.2 Å². The molecule has 5 nitrogen and oxygen atoms in total. The first kappa shape index (κ1) is 17.7. The summed E-state index contributed by atoms with van der Waals surface area (Å²) in [7, 11) is 0. The van der Waals surface area contributed by atoms with Crippen LogP contribution in [-0.2, 0) is 11.0 Å². The number of pyridine rings is 1. The Hall–Kier alpha value is -1.67. The molecule has 0 spiro atoms. The van der Waals surface area contributed by atoms with Crippen molar-refractivity contribution in [2.75, 3.05) is 0 Å². The van der Waals surface area contributed by atoms with Gasteiger partial charge in [0.1, 0.15) is 11.8 Å². The molecule has 1 aromatic heterocycles. The van der Waals surface area contributed by atoms with Gasteiger partial charge in [-0.05, 0) is 18.1 Å². The molecular weight excluding hydrogens is 313 g/mol. The van der Waals surface area contributed by atoms with E-state index in [4.69, 9.17) is 0 Å². The molecule has 1 heterocycles. The van der Waals surface area contributed by atoms with E-state index in [0.29, 0.717) is 5.56 Å². The van der Waals surface area contributed by atoms with E-state index in [-0.39, 0.29) is 18.2 Å². The smallest absolute Gasteiger partial charge is 0.390 e. The van der Waals surface area contributed by atoms with Gasteiger partial charge in [-0.15, -0.1) is 0 Å². The van der Waals surface area contributed by atoms with Crippen molar-refractivity contribution in [1.29, 1.82) is 0 Å². The van der Waals surface area contributed by atoms with Crippen LogP contribution in [0.1, 0.15) is 37.4 Å². The minimum Gasteiger partial charge on any atom is -0.390 e. The van der Waals surface area contributed by atoms with Gasteiger partial charge in [-0.3, -0.25) is 9.78 Å². The standard InChI is InChI=1S/C15H19F3N2O3/c1-7(2)14(23)20-12-9(5-10(21)13(12)22)8-3-4-11(19-6-8)15(16,17)18/h3-4,6-7,9-10,12-13,21-22H,5H2,1-2H3,(H,20,23). The number of amides is 1. The predicted octanol–water partition coefficient (Wildman–Crippen LogP) is 1.45. The van der Waals surface area contributed by atoms with Crippen LogP contribution in [0.5, 0.6) is 0 Å². The number of aliphatic hydroxyl groups is 2. The highest BCUT2D eigenvalue weighted by Crippen LogP contribution is 2.36. The van der Waals surface area contributed by atoms with Crippen molar-refractivity contribution in [3.63, 3.8) is 0 Å². The molecule has 0 aliphatic heterocycles. The molecule has 128 valence electrons. The van der Waals surface area contributed by atoms with E-state index in [1.54, 1.807) is 13.8 Å². The number of halogens is 3. The summed E-state index contributed by atoms with van der Waals surface area (Å²) < 4.78 is 37.7. The van der Waals surface area contributed by atoms with Crippen molar-refractivity contribution in [3.8, 4) is 0 Å². The quantitative estimate of drug-likeness (QED) is 0.782. The average molecular weight is 332 g/mol. The first-order valence-electron chi connectivity index (χ1n) is 7.31. The van der Waals surface area contributed by atoms with Gasteiger partial charge < -0.3 is 15.5 Å². The van der Waals surface area contributed by atoms with E-state index in [1.165, 1.54) is 6.07 Å². The SMILES string of the molecule is CC(C)C(=O)NC1C(c2ccc(C(F)(F)F)nc2)CC(O)C1O. The maximum absolute atomic E-state index is 12.6. The maximum atomic E-state index is 12.6. The summed E-state index contributed by atoms with van der Waals surface area (Å²) in [4.78, 5) is 15.2. The number of carbonyl (C=O) groups excluding carboxylic acids is 1. The predicted molar refractivity (Wildman–Crippen MR) is 75.4 cm³/mol. The normalized spacial score (nSPS) is 28.2. The van der Waals surface area contributed by atoms with Crippen LogP contribution in [-0.4, -0.2) is 39.4 Å². The highest BCUT2D eigenvalue weighted by atomic mass is 19.4. The first-order chi connectivity index (χ1) is 10.6. The number of aliphatic hydroxyl groups excluding tert-OH is 2. The number of nitrogens with zero attached hydrogens (tertiary/aromatic N) is 1. The third kappa shape index (κ3) is 3.81. The Kier molecular flexibility index (Phi) is 4.95. The van der Waals surface area contributed by atoms with Crippen LogP contribution in [0.3, 0.4) is 0 Å². The van der Waals surface area contributed by atoms with Crippen molar-refractivity contribution in [2.24, 2.45) is 5.92 Å². The fourth-order valence-corrected chi connectivity index (χ4v) is 2.68. The summed E-state index contributed by atoms with van der Waals surface area (Å²) >= 11 is 0. The van der Waals surface area contributed by atoms with Gasteiger partial charge in [0.2, 0.25) is 5.91 Å². The summed E-state index contributed by atoms with van der Waals surface area (Å²) in [5.41, 5.74) is -0.578. The van der Waals surface area contributed by atoms with Gasteiger partial charge in [0.25, 0.3) is 0 Å². The third-order valence-electron chi connectivity index (χ3n) is 4.03. The largest absolute Gasteiger partial charge is 0.433 e. The van der Waals surface area contributed by atoms with Crippen LogP contribution < -0.4 is 5.32 Å². The highest BCUT2D eigenvalue weighted by Gasteiger charge is 2.43. The minimum absolute atomic E-state index is 0.136.